The molecule has 0 aromatic heterocycles. The highest BCUT2D eigenvalue weighted by Crippen LogP contribution is 2.33. The van der Waals surface area contributed by atoms with Crippen molar-refractivity contribution >= 4 is 17.3 Å². The van der Waals surface area contributed by atoms with E-state index in [4.69, 9.17) is 4.74 Å². The summed E-state index contributed by atoms with van der Waals surface area (Å²) in [6.45, 7) is 3.54. The smallest absolute Gasteiger partial charge is 0.335 e. The van der Waals surface area contributed by atoms with Crippen molar-refractivity contribution in [2.45, 2.75) is 20.3 Å². The molecule has 0 bridgehead atoms. The van der Waals surface area contributed by atoms with Gasteiger partial charge in [-0.25, -0.2) is 4.79 Å². The van der Waals surface area contributed by atoms with Gasteiger partial charge in [-0.1, -0.05) is 30.3 Å². The molecule has 0 N–H and O–H groups in total. The summed E-state index contributed by atoms with van der Waals surface area (Å²) in [5.74, 6) is -0.496. The minimum absolute atomic E-state index is 0.103. The summed E-state index contributed by atoms with van der Waals surface area (Å²) in [5, 5.41) is 0. The summed E-state index contributed by atoms with van der Waals surface area (Å²) < 4.78 is 5.01. The Morgan fingerprint density at radius 1 is 1.21 bits per heavy atom. The molecule has 0 heterocycles. The van der Waals surface area contributed by atoms with Gasteiger partial charge in [0.2, 0.25) is 0 Å². The maximum atomic E-state index is 11.9. The number of benzene rings is 1. The molecule has 2 rings (SSSR count). The topological polar surface area (TPSA) is 43.4 Å². The summed E-state index contributed by atoms with van der Waals surface area (Å²) in [6.07, 6.45) is 2.25. The van der Waals surface area contributed by atoms with E-state index in [9.17, 15) is 9.59 Å². The molecule has 98 valence electrons. The number of carbonyl (C=O) groups is 2. The number of esters is 1. The minimum Gasteiger partial charge on any atom is -0.463 e. The normalized spacial score (nSPS) is 14.3. The molecule has 19 heavy (non-hydrogen) atoms. The van der Waals surface area contributed by atoms with Crippen LogP contribution in [0.5, 0.6) is 0 Å². The third-order valence-corrected chi connectivity index (χ3v) is 3.06. The van der Waals surface area contributed by atoms with Crippen molar-refractivity contribution in [1.29, 1.82) is 0 Å². The molecule has 1 aromatic rings. The molecular formula is C16H16O3. The van der Waals surface area contributed by atoms with E-state index in [2.05, 4.69) is 0 Å². The lowest BCUT2D eigenvalue weighted by atomic mass is 10.0. The summed E-state index contributed by atoms with van der Waals surface area (Å²) in [6, 6.07) is 9.75. The van der Waals surface area contributed by atoms with E-state index in [1.165, 1.54) is 6.92 Å². The lowest BCUT2D eigenvalue weighted by molar-refractivity contribution is -0.138. The van der Waals surface area contributed by atoms with E-state index in [1.54, 1.807) is 13.0 Å². The van der Waals surface area contributed by atoms with Crippen LogP contribution in [0.25, 0.3) is 5.57 Å². The van der Waals surface area contributed by atoms with Crippen molar-refractivity contribution in [3.8, 4) is 0 Å². The van der Waals surface area contributed by atoms with Gasteiger partial charge in [0.05, 0.1) is 12.2 Å². The Morgan fingerprint density at radius 3 is 2.47 bits per heavy atom. The van der Waals surface area contributed by atoms with Gasteiger partial charge in [-0.05, 0) is 31.1 Å². The zero-order valence-electron chi connectivity index (χ0n) is 11.1. The molecule has 0 radical (unpaired) electrons. The number of carbonyl (C=O) groups excluding carboxylic acids is 2. The van der Waals surface area contributed by atoms with Crippen LogP contribution in [0.3, 0.4) is 0 Å². The van der Waals surface area contributed by atoms with Crippen LogP contribution in [0.1, 0.15) is 25.8 Å². The van der Waals surface area contributed by atoms with Crippen molar-refractivity contribution in [2.24, 2.45) is 0 Å². The second-order valence-corrected chi connectivity index (χ2v) is 4.38. The van der Waals surface area contributed by atoms with E-state index in [0.29, 0.717) is 24.2 Å². The second-order valence-electron chi connectivity index (χ2n) is 4.38. The fourth-order valence-electron chi connectivity index (χ4n) is 2.15. The van der Waals surface area contributed by atoms with Crippen molar-refractivity contribution in [1.82, 2.24) is 0 Å². The molecule has 0 fully saturated rings. The Balaban J connectivity index is 2.31. The van der Waals surface area contributed by atoms with Gasteiger partial charge in [0.25, 0.3) is 0 Å². The van der Waals surface area contributed by atoms with Crippen LogP contribution in [0.15, 0.2) is 47.6 Å². The van der Waals surface area contributed by atoms with Crippen LogP contribution in [-0.2, 0) is 14.3 Å². The SMILES string of the molecule is CCOC(=O)C1=C(C(C)=O)C=C(c2ccccc2)C1. The summed E-state index contributed by atoms with van der Waals surface area (Å²) in [4.78, 5) is 23.5. The van der Waals surface area contributed by atoms with E-state index < -0.39 is 5.97 Å². The predicted molar refractivity (Wildman–Crippen MR) is 73.4 cm³/mol. The van der Waals surface area contributed by atoms with Gasteiger partial charge in [-0.15, -0.1) is 0 Å². The Kier molecular flexibility index (Phi) is 3.95. The van der Waals surface area contributed by atoms with Crippen molar-refractivity contribution in [2.75, 3.05) is 6.61 Å². The van der Waals surface area contributed by atoms with Gasteiger partial charge in [0, 0.05) is 12.0 Å². The third-order valence-electron chi connectivity index (χ3n) is 3.06. The predicted octanol–water partition coefficient (Wildman–Crippen LogP) is 2.92. The molecule has 1 aliphatic carbocycles. The van der Waals surface area contributed by atoms with Crippen LogP contribution >= 0.6 is 0 Å². The highest BCUT2D eigenvalue weighted by Gasteiger charge is 2.25. The zero-order chi connectivity index (χ0) is 13.8. The van der Waals surface area contributed by atoms with Crippen LogP contribution in [0.2, 0.25) is 0 Å². The number of hydrogen-bond acceptors (Lipinski definition) is 3. The van der Waals surface area contributed by atoms with E-state index >= 15 is 0 Å². The van der Waals surface area contributed by atoms with Crippen molar-refractivity contribution < 1.29 is 14.3 Å². The molecule has 0 aliphatic heterocycles. The Morgan fingerprint density at radius 2 is 1.89 bits per heavy atom. The largest absolute Gasteiger partial charge is 0.463 e. The van der Waals surface area contributed by atoms with Crippen LogP contribution in [-0.4, -0.2) is 18.4 Å². The van der Waals surface area contributed by atoms with E-state index in [-0.39, 0.29) is 5.78 Å². The summed E-state index contributed by atoms with van der Waals surface area (Å²) >= 11 is 0. The molecule has 0 spiro atoms. The highest BCUT2D eigenvalue weighted by molar-refractivity contribution is 6.09. The standard InChI is InChI=1S/C16H16O3/c1-3-19-16(18)15-10-13(9-14(15)11(2)17)12-7-5-4-6-8-12/h4-9H,3,10H2,1-2H3. The Hall–Kier alpha value is -2.16. The van der Waals surface area contributed by atoms with E-state index in [1.807, 2.05) is 30.3 Å². The van der Waals surface area contributed by atoms with E-state index in [0.717, 1.165) is 11.1 Å². The first-order valence-electron chi connectivity index (χ1n) is 6.30. The Bertz CT molecular complexity index is 565. The average Bonchev–Trinajstić information content (AvgIpc) is 2.85. The molecular weight excluding hydrogens is 240 g/mol. The second kappa shape index (κ2) is 5.65. The molecule has 1 aliphatic rings. The molecule has 3 nitrogen and oxygen atoms in total. The Labute approximate surface area is 112 Å². The highest BCUT2D eigenvalue weighted by atomic mass is 16.5. The number of ketones is 1. The van der Waals surface area contributed by atoms with Crippen LogP contribution in [0, 0.1) is 0 Å². The maximum absolute atomic E-state index is 11.9. The number of ether oxygens (including phenoxy) is 1. The van der Waals surface area contributed by atoms with Gasteiger partial charge in [0.15, 0.2) is 5.78 Å². The first kappa shape index (κ1) is 13.3. The molecule has 3 heteroatoms. The minimum atomic E-state index is -0.394. The monoisotopic (exact) mass is 256 g/mol. The van der Waals surface area contributed by atoms with Gasteiger partial charge in [-0.2, -0.15) is 0 Å². The van der Waals surface area contributed by atoms with Gasteiger partial charge in [0.1, 0.15) is 0 Å². The van der Waals surface area contributed by atoms with Gasteiger partial charge >= 0.3 is 5.97 Å². The molecule has 1 aromatic carbocycles. The molecule has 0 amide bonds. The van der Waals surface area contributed by atoms with Crippen molar-refractivity contribution in [3.05, 3.63) is 53.1 Å². The molecule has 0 saturated heterocycles. The maximum Gasteiger partial charge on any atom is 0.335 e. The third kappa shape index (κ3) is 2.81. The zero-order valence-corrected chi connectivity index (χ0v) is 11.1. The quantitative estimate of drug-likeness (QED) is 0.778. The number of Topliss-reactive ketones (excluding diaryl/α,β-unsaturated/α-hetero) is 1. The molecule has 0 atom stereocenters. The number of rotatable bonds is 4. The van der Waals surface area contributed by atoms with Crippen molar-refractivity contribution in [3.63, 3.8) is 0 Å². The lowest BCUT2D eigenvalue weighted by Gasteiger charge is -2.05. The number of allylic oxidation sites excluding steroid dienone is 3. The first-order valence-corrected chi connectivity index (χ1v) is 6.30. The molecule has 0 saturated carbocycles. The fourth-order valence-corrected chi connectivity index (χ4v) is 2.15. The lowest BCUT2D eigenvalue weighted by Crippen LogP contribution is -2.10. The average molecular weight is 256 g/mol. The first-order chi connectivity index (χ1) is 9.13. The molecule has 0 unspecified atom stereocenters. The summed E-state index contributed by atoms with van der Waals surface area (Å²) in [7, 11) is 0. The fraction of sp³-hybridized carbons (Fsp3) is 0.250. The van der Waals surface area contributed by atoms with Gasteiger partial charge < -0.3 is 4.74 Å². The van der Waals surface area contributed by atoms with Crippen LogP contribution in [0.4, 0.5) is 0 Å². The van der Waals surface area contributed by atoms with Gasteiger partial charge in [-0.3, -0.25) is 4.79 Å². The van der Waals surface area contributed by atoms with Crippen LogP contribution < -0.4 is 0 Å². The summed E-state index contributed by atoms with van der Waals surface area (Å²) in [5.41, 5.74) is 2.94. The number of hydrogen-bond donors (Lipinski definition) is 0.